The zero-order valence-corrected chi connectivity index (χ0v) is 17.4. The van der Waals surface area contributed by atoms with E-state index in [0.717, 1.165) is 6.42 Å². The molecule has 168 valence electrons. The number of rotatable bonds is 9. The number of fused-ring (bicyclic) bond motifs is 5. The van der Waals surface area contributed by atoms with E-state index in [2.05, 4.69) is 27.8 Å². The minimum atomic E-state index is -4.19. The van der Waals surface area contributed by atoms with Crippen LogP contribution in [0.2, 0.25) is 0 Å². The Morgan fingerprint density at radius 3 is 2.23 bits per heavy atom. The van der Waals surface area contributed by atoms with E-state index < -0.39 is 12.7 Å². The molecule has 1 saturated carbocycles. The van der Waals surface area contributed by atoms with Crippen molar-refractivity contribution in [3.8, 4) is 0 Å². The van der Waals surface area contributed by atoms with E-state index in [4.69, 9.17) is 0 Å². The molecule has 0 aromatic carbocycles. The van der Waals surface area contributed by atoms with Crippen molar-refractivity contribution in [2.75, 3.05) is 46.8 Å². The second kappa shape index (κ2) is 9.36. The summed E-state index contributed by atoms with van der Waals surface area (Å²) in [5.74, 6) is 0.595. The summed E-state index contributed by atoms with van der Waals surface area (Å²) < 4.78 is 36.9. The number of aliphatic imine (C=N–C) groups is 1. The number of carbonyl (C=O) groups is 2. The Morgan fingerprint density at radius 1 is 1.13 bits per heavy atom. The number of carbonyl (C=O) groups excluding carboxylic acids is 2. The van der Waals surface area contributed by atoms with Crippen LogP contribution < -0.4 is 10.6 Å². The number of imide groups is 1. The van der Waals surface area contributed by atoms with E-state index in [0.29, 0.717) is 45.0 Å². The molecular weight excluding hydrogens is 399 g/mol. The molecule has 1 aliphatic heterocycles. The molecule has 1 heterocycles. The van der Waals surface area contributed by atoms with E-state index >= 15 is 0 Å². The molecule has 3 aliphatic rings. The number of halogens is 3. The molecule has 2 bridgehead atoms. The van der Waals surface area contributed by atoms with Crippen molar-refractivity contribution in [1.29, 1.82) is 0 Å². The van der Waals surface area contributed by atoms with Gasteiger partial charge in [-0.05, 0) is 44.7 Å². The molecule has 3 rings (SSSR count). The summed E-state index contributed by atoms with van der Waals surface area (Å²) in [7, 11) is 3.06. The number of nitrogens with one attached hydrogen (secondary N) is 2. The Kier molecular flexibility index (Phi) is 7.05. The molecule has 2 amide bonds. The summed E-state index contributed by atoms with van der Waals surface area (Å²) in [6, 6.07) is 0. The van der Waals surface area contributed by atoms with E-state index in [1.807, 2.05) is 0 Å². The van der Waals surface area contributed by atoms with Crippen LogP contribution in [0.1, 0.15) is 19.3 Å². The van der Waals surface area contributed by atoms with Crippen molar-refractivity contribution in [3.05, 3.63) is 12.2 Å². The average Bonchev–Trinajstić information content (AvgIpc) is 3.34. The number of guanidine groups is 1. The monoisotopic (exact) mass is 429 g/mol. The van der Waals surface area contributed by atoms with Crippen molar-refractivity contribution >= 4 is 17.8 Å². The largest absolute Gasteiger partial charge is 0.401 e. The maximum atomic E-state index is 12.6. The fourth-order valence-corrected chi connectivity index (χ4v) is 4.79. The van der Waals surface area contributed by atoms with Gasteiger partial charge in [0.15, 0.2) is 5.96 Å². The van der Waals surface area contributed by atoms with Gasteiger partial charge in [0.1, 0.15) is 0 Å². The van der Waals surface area contributed by atoms with Crippen molar-refractivity contribution in [1.82, 2.24) is 20.4 Å². The van der Waals surface area contributed by atoms with Gasteiger partial charge in [0, 0.05) is 26.7 Å². The Bertz CT molecular complexity index is 679. The van der Waals surface area contributed by atoms with Crippen LogP contribution in [-0.4, -0.2) is 80.6 Å². The lowest BCUT2D eigenvalue weighted by molar-refractivity contribution is -0.143. The van der Waals surface area contributed by atoms with Crippen LogP contribution in [0.15, 0.2) is 17.1 Å². The molecule has 10 heteroatoms. The summed E-state index contributed by atoms with van der Waals surface area (Å²) in [5.41, 5.74) is 0. The number of likely N-dealkylation sites (tertiary alicyclic amines) is 1. The number of alkyl halides is 3. The first-order valence-corrected chi connectivity index (χ1v) is 10.4. The second-order valence-electron chi connectivity index (χ2n) is 8.31. The first kappa shape index (κ1) is 22.6. The highest BCUT2D eigenvalue weighted by Gasteiger charge is 2.58. The number of allylic oxidation sites excluding steroid dienone is 2. The van der Waals surface area contributed by atoms with Gasteiger partial charge in [-0.2, -0.15) is 13.2 Å². The lowest BCUT2D eigenvalue weighted by atomic mass is 9.85. The first-order valence-electron chi connectivity index (χ1n) is 10.4. The van der Waals surface area contributed by atoms with Crippen molar-refractivity contribution in [2.45, 2.75) is 25.4 Å². The van der Waals surface area contributed by atoms with E-state index in [-0.39, 0.29) is 35.5 Å². The summed E-state index contributed by atoms with van der Waals surface area (Å²) >= 11 is 0. The Balaban J connectivity index is 1.31. The van der Waals surface area contributed by atoms with Crippen molar-refractivity contribution in [2.24, 2.45) is 28.7 Å². The number of nitrogens with zero attached hydrogens (tertiary/aromatic N) is 3. The molecule has 2 aliphatic carbocycles. The summed E-state index contributed by atoms with van der Waals surface area (Å²) in [5, 5.41) is 6.17. The highest BCUT2D eigenvalue weighted by atomic mass is 19.4. The molecule has 1 saturated heterocycles. The van der Waals surface area contributed by atoms with Gasteiger partial charge >= 0.3 is 6.18 Å². The minimum absolute atomic E-state index is 0.0349. The predicted octanol–water partition coefficient (Wildman–Crippen LogP) is 1.23. The summed E-state index contributed by atoms with van der Waals surface area (Å²) in [6.45, 7) is 0.806. The fraction of sp³-hybridized carbons (Fsp3) is 0.750. The third kappa shape index (κ3) is 5.14. The van der Waals surface area contributed by atoms with Crippen molar-refractivity contribution in [3.63, 3.8) is 0 Å². The standard InChI is InChI=1S/C20H30F3N5O2/c1-24-19(25-7-3-9-27(2)12-20(21,22)23)26-8-4-10-28-17(29)15-13-5-6-14(11-13)16(15)18(28)30/h5-6,13-16H,3-4,7-12H2,1-2H3,(H2,24,25,26). The molecule has 0 aromatic heterocycles. The van der Waals surface area contributed by atoms with Gasteiger partial charge in [0.25, 0.3) is 0 Å². The molecule has 30 heavy (non-hydrogen) atoms. The molecule has 0 spiro atoms. The van der Waals surface area contributed by atoms with Gasteiger partial charge in [-0.1, -0.05) is 12.2 Å². The van der Waals surface area contributed by atoms with Crippen LogP contribution in [0, 0.1) is 23.7 Å². The minimum Gasteiger partial charge on any atom is -0.356 e. The topological polar surface area (TPSA) is 77.0 Å². The normalized spacial score (nSPS) is 28.1. The number of hydrogen-bond donors (Lipinski definition) is 2. The SMILES string of the molecule is CN=C(NCCCN(C)CC(F)(F)F)NCCCN1C(=O)C2C3C=CC(C3)C2C1=O. The number of hydrogen-bond acceptors (Lipinski definition) is 4. The smallest absolute Gasteiger partial charge is 0.356 e. The van der Waals surface area contributed by atoms with Gasteiger partial charge in [-0.3, -0.25) is 24.4 Å². The lowest BCUT2D eigenvalue weighted by Gasteiger charge is -2.19. The fourth-order valence-electron chi connectivity index (χ4n) is 4.79. The molecule has 4 atom stereocenters. The summed E-state index contributed by atoms with van der Waals surface area (Å²) in [4.78, 5) is 32.0. The zero-order valence-electron chi connectivity index (χ0n) is 17.4. The Labute approximate surface area is 174 Å². The summed E-state index contributed by atoms with van der Waals surface area (Å²) in [6.07, 6.45) is 2.05. The van der Waals surface area contributed by atoms with Crippen LogP contribution in [0.25, 0.3) is 0 Å². The van der Waals surface area contributed by atoms with Crippen LogP contribution in [0.3, 0.4) is 0 Å². The van der Waals surface area contributed by atoms with Crippen molar-refractivity contribution < 1.29 is 22.8 Å². The molecule has 0 radical (unpaired) electrons. The third-order valence-corrected chi connectivity index (χ3v) is 6.09. The van der Waals surface area contributed by atoms with Gasteiger partial charge in [0.2, 0.25) is 11.8 Å². The highest BCUT2D eigenvalue weighted by molar-refractivity contribution is 6.06. The maximum Gasteiger partial charge on any atom is 0.401 e. The van der Waals surface area contributed by atoms with E-state index in [1.165, 1.54) is 16.8 Å². The van der Waals surface area contributed by atoms with Gasteiger partial charge in [0.05, 0.1) is 18.4 Å². The second-order valence-corrected chi connectivity index (χ2v) is 8.31. The van der Waals surface area contributed by atoms with Crippen LogP contribution in [-0.2, 0) is 9.59 Å². The zero-order chi connectivity index (χ0) is 21.9. The first-order chi connectivity index (χ1) is 14.2. The van der Waals surface area contributed by atoms with Gasteiger partial charge in [-0.25, -0.2) is 0 Å². The molecule has 2 fully saturated rings. The van der Waals surface area contributed by atoms with Crippen LogP contribution in [0.5, 0.6) is 0 Å². The van der Waals surface area contributed by atoms with Gasteiger partial charge in [-0.15, -0.1) is 0 Å². The van der Waals surface area contributed by atoms with Crippen LogP contribution in [0.4, 0.5) is 13.2 Å². The van der Waals surface area contributed by atoms with E-state index in [1.54, 1.807) is 7.05 Å². The average molecular weight is 429 g/mol. The molecule has 4 unspecified atom stereocenters. The quantitative estimate of drug-likeness (QED) is 0.190. The van der Waals surface area contributed by atoms with E-state index in [9.17, 15) is 22.8 Å². The molecule has 7 nitrogen and oxygen atoms in total. The third-order valence-electron chi connectivity index (χ3n) is 6.09. The molecule has 0 aromatic rings. The Hall–Kier alpha value is -2.10. The molecule has 2 N–H and O–H groups in total. The number of amides is 2. The Morgan fingerprint density at radius 2 is 1.70 bits per heavy atom. The highest BCUT2D eigenvalue weighted by Crippen LogP contribution is 2.52. The lowest BCUT2D eigenvalue weighted by Crippen LogP contribution is -2.41. The van der Waals surface area contributed by atoms with Crippen LogP contribution >= 0.6 is 0 Å². The maximum absolute atomic E-state index is 12.6. The van der Waals surface area contributed by atoms with Gasteiger partial charge < -0.3 is 10.6 Å². The predicted molar refractivity (Wildman–Crippen MR) is 107 cm³/mol. The molecular formula is C20H30F3N5O2.